The number of carbonyl (C=O) groups is 1. The molecule has 1 aliphatic heterocycles. The quantitative estimate of drug-likeness (QED) is 0.231. The number of phenolic OH excluding ortho intramolecular Hbond substituents is 3. The molecule has 32 heavy (non-hydrogen) atoms. The number of aromatic hydroxyl groups is 3. The zero-order chi connectivity index (χ0) is 23.6. The molecular formula is C21H26NO8PSe. The molecule has 4 N–H and O–H groups in total. The first kappa shape index (κ1) is 24.6. The van der Waals surface area contributed by atoms with Gasteiger partial charge in [0.2, 0.25) is 0 Å². The number of phenols is 3. The average Bonchev–Trinajstić information content (AvgIpc) is 2.73. The van der Waals surface area contributed by atoms with Crippen LogP contribution in [0.5, 0.6) is 28.7 Å². The van der Waals surface area contributed by atoms with Gasteiger partial charge >= 0.3 is 194 Å². The second kappa shape index (κ2) is 9.83. The van der Waals surface area contributed by atoms with Crippen molar-refractivity contribution >= 4 is 27.0 Å². The van der Waals surface area contributed by atoms with Crippen molar-refractivity contribution < 1.29 is 39.0 Å². The molecule has 0 saturated heterocycles. The monoisotopic (exact) mass is 531 g/mol. The summed E-state index contributed by atoms with van der Waals surface area (Å²) in [6.45, 7) is 7.54. The van der Waals surface area contributed by atoms with E-state index in [0.29, 0.717) is 19.7 Å². The van der Waals surface area contributed by atoms with Crippen LogP contribution in [0.15, 0.2) is 30.3 Å². The number of benzene rings is 2. The molecule has 0 saturated carbocycles. The molecule has 3 rings (SSSR count). The summed E-state index contributed by atoms with van der Waals surface area (Å²) in [5.41, 5.74) is 0.119. The van der Waals surface area contributed by atoms with Gasteiger partial charge < -0.3 is 0 Å². The Balaban J connectivity index is 2.01. The van der Waals surface area contributed by atoms with Crippen molar-refractivity contribution in [2.75, 3.05) is 19.7 Å². The van der Waals surface area contributed by atoms with Crippen LogP contribution in [0.4, 0.5) is 0 Å². The molecule has 1 aliphatic rings. The Bertz CT molecular complexity index is 1060. The molecule has 2 aromatic rings. The topological polar surface area (TPSA) is 129 Å². The molecule has 3 atom stereocenters. The molecule has 0 bridgehead atoms. The van der Waals surface area contributed by atoms with E-state index in [0.717, 1.165) is 0 Å². The Labute approximate surface area is 193 Å². The van der Waals surface area contributed by atoms with Crippen LogP contribution in [0.2, 0.25) is 0 Å². The number of aliphatic hydroxyl groups is 1. The van der Waals surface area contributed by atoms with Crippen LogP contribution in [-0.2, 0) is 4.52 Å². The van der Waals surface area contributed by atoms with E-state index in [9.17, 15) is 25.2 Å². The van der Waals surface area contributed by atoms with Crippen LogP contribution in [0.3, 0.4) is 0 Å². The first-order valence-corrected chi connectivity index (χ1v) is 13.9. The molecule has 0 aliphatic carbocycles. The molecule has 9 nitrogen and oxygen atoms in total. The number of nitrogens with zero attached hydrogens (tertiary/aromatic N) is 1. The summed E-state index contributed by atoms with van der Waals surface area (Å²) in [6.07, 6.45) is -5.39. The van der Waals surface area contributed by atoms with E-state index in [-0.39, 0.29) is 28.4 Å². The fourth-order valence-corrected chi connectivity index (χ4v) is 7.84. The molecule has 2 aromatic carbocycles. The van der Waals surface area contributed by atoms with Gasteiger partial charge in [0, 0.05) is 0 Å². The van der Waals surface area contributed by atoms with Crippen molar-refractivity contribution in [1.29, 1.82) is 0 Å². The number of carbonyl (C=O) groups excluding carboxylic acids is 1. The van der Waals surface area contributed by atoms with Gasteiger partial charge in [0.05, 0.1) is 0 Å². The van der Waals surface area contributed by atoms with Crippen molar-refractivity contribution in [2.45, 2.75) is 33.0 Å². The van der Waals surface area contributed by atoms with Gasteiger partial charge in [-0.3, -0.25) is 0 Å². The first-order chi connectivity index (χ1) is 15.1. The third-order valence-corrected chi connectivity index (χ3v) is 9.90. The van der Waals surface area contributed by atoms with Crippen LogP contribution in [0, 0.1) is 0 Å². The van der Waals surface area contributed by atoms with E-state index in [2.05, 4.69) is 15.1 Å². The standard InChI is InChI=1S/C21H26NO8PSe/c1-4-22(5-2)31(32,28-6-3)30-13-10-16(25)18-17(11-13)29-21(20(27)19(18)26)12-7-8-14(23)15(24)9-12/h7-11,20-21,23-25,27H,4-6H2,1-3H3. The Morgan fingerprint density at radius 3 is 2.34 bits per heavy atom. The summed E-state index contributed by atoms with van der Waals surface area (Å²) in [6, 6.07) is 6.60. The fourth-order valence-electron chi connectivity index (χ4n) is 3.46. The Kier molecular flexibility index (Phi) is 7.55. The number of hydrogen-bond acceptors (Lipinski definition) is 9. The molecule has 0 spiro atoms. The van der Waals surface area contributed by atoms with E-state index >= 15 is 0 Å². The summed E-state index contributed by atoms with van der Waals surface area (Å²) in [4.78, 5) is 12.8. The van der Waals surface area contributed by atoms with Gasteiger partial charge in [0.25, 0.3) is 0 Å². The van der Waals surface area contributed by atoms with Gasteiger partial charge in [-0.25, -0.2) is 0 Å². The molecule has 0 aromatic heterocycles. The molecule has 3 unspecified atom stereocenters. The van der Waals surface area contributed by atoms with Crippen molar-refractivity contribution in [3.05, 3.63) is 41.5 Å². The summed E-state index contributed by atoms with van der Waals surface area (Å²) < 4.78 is 19.9. The van der Waals surface area contributed by atoms with E-state index in [1.54, 1.807) is 0 Å². The first-order valence-electron chi connectivity index (χ1n) is 10.1. The van der Waals surface area contributed by atoms with Crippen LogP contribution in [0.1, 0.15) is 42.8 Å². The fraction of sp³-hybridized carbons (Fsp3) is 0.381. The van der Waals surface area contributed by atoms with Crippen molar-refractivity contribution in [3.8, 4) is 28.7 Å². The van der Waals surface area contributed by atoms with Crippen LogP contribution in [-0.4, -0.2) is 71.8 Å². The van der Waals surface area contributed by atoms with Gasteiger partial charge in [0.15, 0.2) is 0 Å². The number of Topliss-reactive ketones (excluding diaryl/α,β-unsaturated/α-hetero) is 1. The van der Waals surface area contributed by atoms with E-state index in [1.807, 2.05) is 25.4 Å². The zero-order valence-electron chi connectivity index (χ0n) is 17.9. The number of fused-ring (bicyclic) bond motifs is 1. The maximum absolute atomic E-state index is 12.8. The number of rotatable bonds is 8. The molecular weight excluding hydrogens is 504 g/mol. The van der Waals surface area contributed by atoms with Crippen molar-refractivity contribution in [3.63, 3.8) is 0 Å². The van der Waals surface area contributed by atoms with E-state index in [1.165, 1.54) is 30.3 Å². The van der Waals surface area contributed by atoms with Gasteiger partial charge in [-0.1, -0.05) is 0 Å². The SMILES string of the molecule is CCOP(=[Se])(Oc1cc(O)c2c(c1)OC(c1ccc(O)c(O)c1)C(O)C2=O)N(CC)CC. The molecule has 174 valence electrons. The van der Waals surface area contributed by atoms with Gasteiger partial charge in [0.1, 0.15) is 0 Å². The predicted molar refractivity (Wildman–Crippen MR) is 119 cm³/mol. The minimum absolute atomic E-state index is 0.0236. The summed E-state index contributed by atoms with van der Waals surface area (Å²) in [5, 5.41) is 40.4. The third kappa shape index (κ3) is 4.66. The number of aliphatic hydroxyl groups excluding tert-OH is 1. The van der Waals surface area contributed by atoms with Crippen molar-refractivity contribution in [2.24, 2.45) is 0 Å². The van der Waals surface area contributed by atoms with Crippen LogP contribution >= 0.6 is 6.11 Å². The Morgan fingerprint density at radius 1 is 1.06 bits per heavy atom. The van der Waals surface area contributed by atoms with Gasteiger partial charge in [-0.15, -0.1) is 0 Å². The summed E-state index contributed by atoms with van der Waals surface area (Å²) >= 11 is 3.02. The number of ether oxygens (including phenoxy) is 1. The zero-order valence-corrected chi connectivity index (χ0v) is 20.5. The second-order valence-corrected chi connectivity index (χ2v) is 11.9. The van der Waals surface area contributed by atoms with E-state index in [4.69, 9.17) is 13.8 Å². The minimum atomic E-state index is -2.62. The average molecular weight is 530 g/mol. The Morgan fingerprint density at radius 2 is 1.75 bits per heavy atom. The van der Waals surface area contributed by atoms with Gasteiger partial charge in [-0.2, -0.15) is 0 Å². The van der Waals surface area contributed by atoms with Crippen LogP contribution in [0.25, 0.3) is 0 Å². The van der Waals surface area contributed by atoms with E-state index < -0.39 is 35.6 Å². The van der Waals surface area contributed by atoms with Gasteiger partial charge in [-0.05, 0) is 0 Å². The van der Waals surface area contributed by atoms with Crippen molar-refractivity contribution in [1.82, 2.24) is 4.67 Å². The maximum atomic E-state index is 12.8. The molecule has 0 radical (unpaired) electrons. The summed E-state index contributed by atoms with van der Waals surface area (Å²) in [5.74, 6) is -1.63. The third-order valence-electron chi connectivity index (χ3n) is 5.03. The molecule has 0 amide bonds. The molecule has 1 heterocycles. The molecule has 11 heteroatoms. The predicted octanol–water partition coefficient (Wildman–Crippen LogP) is 3.08. The van der Waals surface area contributed by atoms with Crippen LogP contribution < -0.4 is 9.26 Å². The number of hydrogen-bond donors (Lipinski definition) is 4. The molecule has 0 fully saturated rings. The number of ketones is 1. The summed E-state index contributed by atoms with van der Waals surface area (Å²) in [7, 11) is 0. The second-order valence-electron chi connectivity index (χ2n) is 7.03. The Hall–Kier alpha value is -2.06. The normalized spacial score (nSPS) is 19.8.